The Bertz CT molecular complexity index is 183. The molecule has 1 aromatic heterocycles. The molecule has 76 valence electrons. The molecule has 0 saturated heterocycles. The monoisotopic (exact) mass is 201 g/mol. The van der Waals surface area contributed by atoms with Gasteiger partial charge in [0.25, 0.3) is 0 Å². The molecule has 2 N–H and O–H groups in total. The molecule has 1 aromatic rings. The average molecular weight is 201 g/mol. The normalized spacial score (nSPS) is 11.7. The van der Waals surface area contributed by atoms with Gasteiger partial charge in [-0.25, -0.2) is 0 Å². The Morgan fingerprint density at radius 1 is 1.54 bits per heavy atom. The van der Waals surface area contributed by atoms with Crippen molar-refractivity contribution in [3.05, 3.63) is 22.4 Å². The second-order valence-electron chi connectivity index (χ2n) is 2.45. The first-order valence-electron chi connectivity index (χ1n) is 4.67. The number of hydrogen-bond donors (Lipinski definition) is 2. The molecule has 0 aromatic carbocycles. The average Bonchev–Trinajstić information content (AvgIpc) is 2.70. The topological polar surface area (TPSA) is 32.3 Å². The molecule has 3 heteroatoms. The molecular weight excluding hydrogens is 182 g/mol. The third-order valence-corrected chi connectivity index (χ3v) is 2.56. The van der Waals surface area contributed by atoms with Crippen LogP contribution in [-0.2, 0) is 6.42 Å². The molecule has 1 rings (SSSR count). The summed E-state index contributed by atoms with van der Waals surface area (Å²) in [5.74, 6) is 0. The predicted octanol–water partition coefficient (Wildman–Crippen LogP) is 1.90. The van der Waals surface area contributed by atoms with Crippen molar-refractivity contribution in [3.63, 3.8) is 0 Å². The predicted molar refractivity (Wildman–Crippen MR) is 59.3 cm³/mol. The van der Waals surface area contributed by atoms with Crippen LogP contribution in [-0.4, -0.2) is 24.8 Å². The number of likely N-dealkylation sites (N-methyl/N-ethyl adjacent to an activating group) is 1. The van der Waals surface area contributed by atoms with Crippen LogP contribution in [0.1, 0.15) is 18.7 Å². The van der Waals surface area contributed by atoms with Gasteiger partial charge >= 0.3 is 0 Å². The van der Waals surface area contributed by atoms with Crippen LogP contribution in [0.4, 0.5) is 0 Å². The highest BCUT2D eigenvalue weighted by Crippen LogP contribution is 2.10. The molecule has 1 unspecified atom stereocenters. The summed E-state index contributed by atoms with van der Waals surface area (Å²) in [4.78, 5) is 1.32. The van der Waals surface area contributed by atoms with Gasteiger partial charge in [0, 0.05) is 10.9 Å². The van der Waals surface area contributed by atoms with Crippen LogP contribution in [0.5, 0.6) is 0 Å². The summed E-state index contributed by atoms with van der Waals surface area (Å²) < 4.78 is 0. The van der Waals surface area contributed by atoms with Gasteiger partial charge in [-0.1, -0.05) is 19.9 Å². The van der Waals surface area contributed by atoms with E-state index in [9.17, 15) is 0 Å². The summed E-state index contributed by atoms with van der Waals surface area (Å²) in [7, 11) is 1.87. The van der Waals surface area contributed by atoms with Crippen molar-refractivity contribution in [2.75, 3.05) is 13.7 Å². The SMILES string of the molecule is CC.CNC(CO)Cc1cccs1. The number of hydrogen-bond acceptors (Lipinski definition) is 3. The van der Waals surface area contributed by atoms with Gasteiger partial charge in [-0.15, -0.1) is 11.3 Å². The van der Waals surface area contributed by atoms with E-state index in [1.165, 1.54) is 4.88 Å². The van der Waals surface area contributed by atoms with Crippen molar-refractivity contribution in [2.24, 2.45) is 0 Å². The summed E-state index contributed by atoms with van der Waals surface area (Å²) in [5, 5.41) is 14.0. The molecule has 0 aliphatic rings. The maximum Gasteiger partial charge on any atom is 0.0588 e. The zero-order chi connectivity index (χ0) is 10.1. The van der Waals surface area contributed by atoms with E-state index in [0.29, 0.717) is 0 Å². The third-order valence-electron chi connectivity index (χ3n) is 1.66. The minimum Gasteiger partial charge on any atom is -0.395 e. The van der Waals surface area contributed by atoms with E-state index >= 15 is 0 Å². The number of aliphatic hydroxyl groups excluding tert-OH is 1. The van der Waals surface area contributed by atoms with Crippen LogP contribution in [0.3, 0.4) is 0 Å². The Morgan fingerprint density at radius 3 is 2.62 bits per heavy atom. The van der Waals surface area contributed by atoms with Gasteiger partial charge in [-0.2, -0.15) is 0 Å². The maximum absolute atomic E-state index is 8.87. The lowest BCUT2D eigenvalue weighted by atomic mass is 10.2. The van der Waals surface area contributed by atoms with Gasteiger partial charge in [-0.05, 0) is 24.9 Å². The van der Waals surface area contributed by atoms with E-state index in [-0.39, 0.29) is 12.6 Å². The zero-order valence-corrected chi connectivity index (χ0v) is 9.40. The fraction of sp³-hybridized carbons (Fsp3) is 0.600. The summed E-state index contributed by atoms with van der Waals surface area (Å²) in [6.07, 6.45) is 0.921. The standard InChI is InChI=1S/C8H13NOS.C2H6/c1-9-7(6-10)5-8-3-2-4-11-8;1-2/h2-4,7,9-10H,5-6H2,1H3;1-2H3. The van der Waals surface area contributed by atoms with Crippen LogP contribution in [0.25, 0.3) is 0 Å². The molecule has 1 heterocycles. The van der Waals surface area contributed by atoms with Gasteiger partial charge in [0.15, 0.2) is 0 Å². The van der Waals surface area contributed by atoms with Crippen molar-refractivity contribution in [3.8, 4) is 0 Å². The molecular formula is C10H19NOS. The number of rotatable bonds is 4. The molecule has 0 amide bonds. The third kappa shape index (κ3) is 5.03. The summed E-state index contributed by atoms with van der Waals surface area (Å²) in [5.41, 5.74) is 0. The highest BCUT2D eigenvalue weighted by Gasteiger charge is 2.04. The highest BCUT2D eigenvalue weighted by molar-refractivity contribution is 7.09. The second-order valence-corrected chi connectivity index (χ2v) is 3.48. The van der Waals surface area contributed by atoms with Crippen molar-refractivity contribution < 1.29 is 5.11 Å². The Labute approximate surface area is 84.6 Å². The highest BCUT2D eigenvalue weighted by atomic mass is 32.1. The Kier molecular flexibility index (Phi) is 7.99. The fourth-order valence-electron chi connectivity index (χ4n) is 0.929. The Morgan fingerprint density at radius 2 is 2.23 bits per heavy atom. The van der Waals surface area contributed by atoms with E-state index < -0.39 is 0 Å². The van der Waals surface area contributed by atoms with E-state index in [1.54, 1.807) is 11.3 Å². The molecule has 1 atom stereocenters. The van der Waals surface area contributed by atoms with Gasteiger partial charge in [0.2, 0.25) is 0 Å². The minimum absolute atomic E-state index is 0.202. The van der Waals surface area contributed by atoms with Crippen LogP contribution in [0.15, 0.2) is 17.5 Å². The van der Waals surface area contributed by atoms with Gasteiger partial charge in [0.05, 0.1) is 6.61 Å². The molecule has 0 spiro atoms. The van der Waals surface area contributed by atoms with E-state index in [1.807, 2.05) is 27.0 Å². The van der Waals surface area contributed by atoms with Crippen molar-refractivity contribution in [1.82, 2.24) is 5.32 Å². The number of thiophene rings is 1. The summed E-state index contributed by atoms with van der Waals surface area (Å²) in [6, 6.07) is 4.32. The van der Waals surface area contributed by atoms with Crippen LogP contribution < -0.4 is 5.32 Å². The van der Waals surface area contributed by atoms with E-state index in [4.69, 9.17) is 5.11 Å². The summed E-state index contributed by atoms with van der Waals surface area (Å²) >= 11 is 1.73. The molecule has 0 radical (unpaired) electrons. The first-order chi connectivity index (χ1) is 6.36. The lowest BCUT2D eigenvalue weighted by molar-refractivity contribution is 0.248. The quantitative estimate of drug-likeness (QED) is 0.780. The largest absolute Gasteiger partial charge is 0.395 e. The Hall–Kier alpha value is -0.380. The molecule has 0 aliphatic heterocycles. The molecule has 0 fully saturated rings. The van der Waals surface area contributed by atoms with Gasteiger partial charge < -0.3 is 10.4 Å². The molecule has 0 aliphatic carbocycles. The first-order valence-corrected chi connectivity index (χ1v) is 5.55. The smallest absolute Gasteiger partial charge is 0.0588 e. The maximum atomic E-state index is 8.87. The molecule has 0 saturated carbocycles. The molecule has 0 bridgehead atoms. The van der Waals surface area contributed by atoms with E-state index in [2.05, 4.69) is 16.8 Å². The number of nitrogens with one attached hydrogen (secondary N) is 1. The van der Waals surface area contributed by atoms with Gasteiger partial charge in [0.1, 0.15) is 0 Å². The van der Waals surface area contributed by atoms with E-state index in [0.717, 1.165) is 6.42 Å². The first kappa shape index (κ1) is 12.6. The second kappa shape index (κ2) is 8.23. The van der Waals surface area contributed by atoms with Crippen molar-refractivity contribution in [1.29, 1.82) is 0 Å². The Balaban J connectivity index is 0.000000671. The number of aliphatic hydroxyl groups is 1. The zero-order valence-electron chi connectivity index (χ0n) is 8.58. The van der Waals surface area contributed by atoms with Gasteiger partial charge in [-0.3, -0.25) is 0 Å². The molecule has 2 nitrogen and oxygen atoms in total. The van der Waals surface area contributed by atoms with Crippen molar-refractivity contribution >= 4 is 11.3 Å². The van der Waals surface area contributed by atoms with Crippen molar-refractivity contribution in [2.45, 2.75) is 26.3 Å². The lowest BCUT2D eigenvalue weighted by Crippen LogP contribution is -2.30. The molecule has 13 heavy (non-hydrogen) atoms. The van der Waals surface area contributed by atoms with Crippen LogP contribution in [0.2, 0.25) is 0 Å². The lowest BCUT2D eigenvalue weighted by Gasteiger charge is -2.10. The summed E-state index contributed by atoms with van der Waals surface area (Å²) in [6.45, 7) is 4.20. The minimum atomic E-state index is 0.202. The fourth-order valence-corrected chi connectivity index (χ4v) is 1.72. The van der Waals surface area contributed by atoms with Crippen LogP contribution in [0, 0.1) is 0 Å². The van der Waals surface area contributed by atoms with Crippen LogP contribution >= 0.6 is 11.3 Å².